The van der Waals surface area contributed by atoms with Crippen LogP contribution in [0.15, 0.2) is 72.3 Å². The van der Waals surface area contributed by atoms with Gasteiger partial charge in [-0.2, -0.15) is 0 Å². The van der Waals surface area contributed by atoms with Crippen LogP contribution in [0.3, 0.4) is 0 Å². The molecular formula is C26H18ClFN2O3S. The highest BCUT2D eigenvalue weighted by molar-refractivity contribution is 7.22. The molecule has 34 heavy (non-hydrogen) atoms. The molecule has 0 radical (unpaired) electrons. The average molecular weight is 493 g/mol. The first kappa shape index (κ1) is 22.3. The van der Waals surface area contributed by atoms with E-state index in [2.05, 4.69) is 4.98 Å². The van der Waals surface area contributed by atoms with Gasteiger partial charge in [0.1, 0.15) is 11.6 Å². The van der Waals surface area contributed by atoms with Crippen LogP contribution >= 0.6 is 22.9 Å². The maximum atomic E-state index is 13.7. The number of fused-ring (bicyclic) bond motifs is 1. The zero-order chi connectivity index (χ0) is 24.0. The molecule has 1 fully saturated rings. The normalized spacial score (nSPS) is 17.6. The van der Waals surface area contributed by atoms with Crippen molar-refractivity contribution in [3.63, 3.8) is 0 Å². The van der Waals surface area contributed by atoms with Gasteiger partial charge in [-0.3, -0.25) is 14.5 Å². The summed E-state index contributed by atoms with van der Waals surface area (Å²) in [6, 6.07) is 16.7. The number of nitrogens with zero attached hydrogens (tertiary/aromatic N) is 2. The molecule has 0 spiro atoms. The third-order valence-corrected chi connectivity index (χ3v) is 7.07. The average Bonchev–Trinajstić information content (AvgIpc) is 3.37. The highest BCUT2D eigenvalue weighted by Crippen LogP contribution is 2.44. The molecule has 170 valence electrons. The van der Waals surface area contributed by atoms with E-state index in [4.69, 9.17) is 11.6 Å². The van der Waals surface area contributed by atoms with Crippen LogP contribution < -0.4 is 4.90 Å². The number of Topliss-reactive ketones (excluding diaryl/α,β-unsaturated/α-hetero) is 1. The van der Waals surface area contributed by atoms with Crippen molar-refractivity contribution in [2.24, 2.45) is 0 Å². The van der Waals surface area contributed by atoms with Crippen molar-refractivity contribution < 1.29 is 19.1 Å². The first-order chi connectivity index (χ1) is 16.4. The molecule has 1 atom stereocenters. The van der Waals surface area contributed by atoms with Gasteiger partial charge in [-0.25, -0.2) is 9.37 Å². The number of hydrogen-bond donors (Lipinski definition) is 1. The van der Waals surface area contributed by atoms with Crippen LogP contribution in [0.25, 0.3) is 16.0 Å². The molecule has 4 aromatic rings. The number of benzene rings is 3. The molecular weight excluding hydrogens is 475 g/mol. The molecule has 1 N–H and O–H groups in total. The van der Waals surface area contributed by atoms with E-state index in [0.717, 1.165) is 16.7 Å². The van der Waals surface area contributed by atoms with Crippen molar-refractivity contribution in [3.05, 3.63) is 99.8 Å². The number of ketones is 1. The minimum absolute atomic E-state index is 0.0903. The highest BCUT2D eigenvalue weighted by atomic mass is 35.5. The summed E-state index contributed by atoms with van der Waals surface area (Å²) in [5.41, 5.74) is 2.56. The Morgan fingerprint density at radius 1 is 1.09 bits per heavy atom. The number of halogens is 2. The summed E-state index contributed by atoms with van der Waals surface area (Å²) in [6.07, 6.45) is 0.852. The predicted molar refractivity (Wildman–Crippen MR) is 132 cm³/mol. The van der Waals surface area contributed by atoms with Crippen LogP contribution in [0.1, 0.15) is 29.7 Å². The Balaban J connectivity index is 1.71. The zero-order valence-corrected chi connectivity index (χ0v) is 19.5. The van der Waals surface area contributed by atoms with Crippen LogP contribution in [0, 0.1) is 5.82 Å². The molecule has 1 saturated heterocycles. The number of amides is 1. The number of carbonyl (C=O) groups is 2. The van der Waals surface area contributed by atoms with Crippen molar-refractivity contribution in [2.45, 2.75) is 19.4 Å². The number of rotatable bonds is 4. The first-order valence-electron chi connectivity index (χ1n) is 10.6. The molecule has 1 amide bonds. The van der Waals surface area contributed by atoms with Gasteiger partial charge < -0.3 is 5.11 Å². The van der Waals surface area contributed by atoms with Crippen LogP contribution in [-0.4, -0.2) is 21.8 Å². The van der Waals surface area contributed by atoms with Crippen molar-refractivity contribution in [1.82, 2.24) is 4.98 Å². The van der Waals surface area contributed by atoms with Gasteiger partial charge in [-0.05, 0) is 66.1 Å². The molecule has 5 nitrogen and oxygen atoms in total. The lowest BCUT2D eigenvalue weighted by Gasteiger charge is -2.23. The molecule has 0 saturated carbocycles. The maximum absolute atomic E-state index is 13.7. The van der Waals surface area contributed by atoms with Gasteiger partial charge in [-0.1, -0.05) is 48.1 Å². The van der Waals surface area contributed by atoms with Gasteiger partial charge in [0.15, 0.2) is 5.13 Å². The van der Waals surface area contributed by atoms with E-state index in [9.17, 15) is 19.1 Å². The number of aryl methyl sites for hydroxylation is 1. The zero-order valence-electron chi connectivity index (χ0n) is 18.0. The molecule has 2 heterocycles. The third kappa shape index (κ3) is 3.77. The second kappa shape index (κ2) is 8.66. The fourth-order valence-electron chi connectivity index (χ4n) is 4.03. The smallest absolute Gasteiger partial charge is 0.301 e. The fourth-order valence-corrected chi connectivity index (χ4v) is 5.22. The van der Waals surface area contributed by atoms with E-state index < -0.39 is 23.5 Å². The van der Waals surface area contributed by atoms with Gasteiger partial charge in [0.05, 0.1) is 21.8 Å². The number of hydrogen-bond acceptors (Lipinski definition) is 5. The van der Waals surface area contributed by atoms with Gasteiger partial charge in [0.2, 0.25) is 0 Å². The summed E-state index contributed by atoms with van der Waals surface area (Å²) in [4.78, 5) is 32.4. The maximum Gasteiger partial charge on any atom is 0.301 e. The second-order valence-electron chi connectivity index (χ2n) is 7.88. The number of thiazole rings is 1. The summed E-state index contributed by atoms with van der Waals surface area (Å²) < 4.78 is 14.6. The first-order valence-corrected chi connectivity index (χ1v) is 11.8. The molecule has 3 aromatic carbocycles. The Morgan fingerprint density at radius 3 is 2.47 bits per heavy atom. The molecule has 8 heteroatoms. The quantitative estimate of drug-likeness (QED) is 0.207. The molecule has 1 aliphatic heterocycles. The lowest BCUT2D eigenvalue weighted by atomic mass is 9.95. The van der Waals surface area contributed by atoms with Crippen LogP contribution in [0.4, 0.5) is 9.52 Å². The fraction of sp³-hybridized carbons (Fsp3) is 0.115. The van der Waals surface area contributed by atoms with Crippen LogP contribution in [-0.2, 0) is 16.0 Å². The Hall–Kier alpha value is -3.55. The molecule has 5 rings (SSSR count). The molecule has 1 aromatic heterocycles. The van der Waals surface area contributed by atoms with Gasteiger partial charge in [0, 0.05) is 10.6 Å². The Kier molecular flexibility index (Phi) is 5.67. The van der Waals surface area contributed by atoms with Gasteiger partial charge in [0.25, 0.3) is 5.78 Å². The van der Waals surface area contributed by atoms with E-state index in [-0.39, 0.29) is 11.3 Å². The standard InChI is InChI=1S/C26H18ClFN2O3S/c1-2-14-3-12-19-20(13-14)34-26(29-19)30-22(15-6-10-18(28)11-7-15)21(24(32)25(30)33)23(31)16-4-8-17(27)9-5-16/h3-13,22,31H,2H2,1H3/b23-21+. The number of carbonyl (C=O) groups excluding carboxylic acids is 2. The predicted octanol–water partition coefficient (Wildman–Crippen LogP) is 6.28. The number of aromatic nitrogens is 1. The number of aliphatic hydroxyl groups excluding tert-OH is 1. The summed E-state index contributed by atoms with van der Waals surface area (Å²) >= 11 is 7.25. The Bertz CT molecular complexity index is 1460. The molecule has 0 bridgehead atoms. The van der Waals surface area contributed by atoms with Crippen LogP contribution in [0.5, 0.6) is 0 Å². The molecule has 0 aliphatic carbocycles. The summed E-state index contributed by atoms with van der Waals surface area (Å²) in [6.45, 7) is 2.05. The van der Waals surface area contributed by atoms with Crippen molar-refractivity contribution in [3.8, 4) is 0 Å². The van der Waals surface area contributed by atoms with Gasteiger partial charge >= 0.3 is 5.91 Å². The van der Waals surface area contributed by atoms with Crippen molar-refractivity contribution >= 4 is 55.7 Å². The van der Waals surface area contributed by atoms with E-state index >= 15 is 0 Å². The largest absolute Gasteiger partial charge is 0.507 e. The van der Waals surface area contributed by atoms with E-state index in [1.54, 1.807) is 24.3 Å². The number of anilines is 1. The number of aliphatic hydroxyl groups is 1. The lowest BCUT2D eigenvalue weighted by molar-refractivity contribution is -0.132. The molecule has 1 unspecified atom stereocenters. The summed E-state index contributed by atoms with van der Waals surface area (Å²) in [5.74, 6) is -2.43. The van der Waals surface area contributed by atoms with Crippen molar-refractivity contribution in [1.29, 1.82) is 0 Å². The summed E-state index contributed by atoms with van der Waals surface area (Å²) in [7, 11) is 0. The Morgan fingerprint density at radius 2 is 1.79 bits per heavy atom. The second-order valence-corrected chi connectivity index (χ2v) is 9.33. The summed E-state index contributed by atoms with van der Waals surface area (Å²) in [5, 5.41) is 11.9. The van der Waals surface area contributed by atoms with E-state index in [1.807, 2.05) is 25.1 Å². The molecule has 1 aliphatic rings. The van der Waals surface area contributed by atoms with E-state index in [0.29, 0.717) is 26.8 Å². The highest BCUT2D eigenvalue weighted by Gasteiger charge is 2.48. The van der Waals surface area contributed by atoms with Crippen molar-refractivity contribution in [2.75, 3.05) is 4.90 Å². The third-order valence-electron chi connectivity index (χ3n) is 5.80. The Labute approximate surface area is 203 Å². The van der Waals surface area contributed by atoms with E-state index in [1.165, 1.54) is 40.5 Å². The minimum Gasteiger partial charge on any atom is -0.507 e. The minimum atomic E-state index is -0.970. The monoisotopic (exact) mass is 492 g/mol. The SMILES string of the molecule is CCc1ccc2nc(N3C(=O)C(=O)/C(=C(/O)c4ccc(Cl)cc4)C3c3ccc(F)cc3)sc2c1. The van der Waals surface area contributed by atoms with Crippen LogP contribution in [0.2, 0.25) is 5.02 Å². The topological polar surface area (TPSA) is 70.5 Å². The van der Waals surface area contributed by atoms with Gasteiger partial charge in [-0.15, -0.1) is 0 Å². The lowest BCUT2D eigenvalue weighted by Crippen LogP contribution is -2.29.